The average molecular weight is 284 g/mol. The lowest BCUT2D eigenvalue weighted by molar-refractivity contribution is -0.376. The van der Waals surface area contributed by atoms with Gasteiger partial charge in [-0.05, 0) is 25.7 Å². The maximum absolute atomic E-state index is 11.5. The Morgan fingerprint density at radius 2 is 2.00 bits per heavy atom. The van der Waals surface area contributed by atoms with Gasteiger partial charge >= 0.3 is 5.97 Å². The summed E-state index contributed by atoms with van der Waals surface area (Å²) in [7, 11) is 0. The third kappa shape index (κ3) is 1.83. The topological polar surface area (TPSA) is 76.0 Å². The summed E-state index contributed by atoms with van der Waals surface area (Å²) >= 11 is 0. The highest BCUT2D eigenvalue weighted by molar-refractivity contribution is 5.67. The zero-order valence-electron chi connectivity index (χ0n) is 12.0. The Balaban J connectivity index is 1.94. The molecule has 0 aromatic heterocycles. The van der Waals surface area contributed by atoms with Gasteiger partial charge in [-0.2, -0.15) is 0 Å². The Labute approximate surface area is 119 Å². The summed E-state index contributed by atoms with van der Waals surface area (Å²) in [6.07, 6.45) is 4.79. The number of rotatable bonds is 1. The maximum atomic E-state index is 11.5. The quantitative estimate of drug-likeness (QED) is 0.707. The molecule has 0 aromatic carbocycles. The van der Waals surface area contributed by atoms with Crippen LogP contribution in [0.2, 0.25) is 0 Å². The van der Waals surface area contributed by atoms with Crippen molar-refractivity contribution in [3.63, 3.8) is 0 Å². The Morgan fingerprint density at radius 3 is 2.75 bits per heavy atom. The number of aliphatic hydroxyl groups excluding tert-OH is 1. The summed E-state index contributed by atoms with van der Waals surface area (Å²) in [5, 5.41) is 21.2. The van der Waals surface area contributed by atoms with Crippen molar-refractivity contribution in [1.29, 1.82) is 0 Å². The fourth-order valence-corrected chi connectivity index (χ4v) is 4.59. The van der Waals surface area contributed by atoms with Crippen LogP contribution in [-0.4, -0.2) is 46.2 Å². The second-order valence-corrected chi connectivity index (χ2v) is 6.50. The zero-order valence-corrected chi connectivity index (χ0v) is 12.0. The molecule has 5 atom stereocenters. The molecule has 1 saturated heterocycles. The van der Waals surface area contributed by atoms with Gasteiger partial charge in [-0.25, -0.2) is 0 Å². The molecule has 0 aromatic rings. The highest BCUT2D eigenvalue weighted by atomic mass is 16.6. The van der Waals surface area contributed by atoms with Crippen LogP contribution in [0.1, 0.15) is 51.9 Å². The number of esters is 1. The average Bonchev–Trinajstić information content (AvgIpc) is 2.36. The Bertz CT molecular complexity index is 398. The molecule has 3 rings (SSSR count). The standard InChI is InChI=1S/C15H24O5/c1-10(16)20-14-8-5-3-2-4-6-11(14)15(18)12(17)7-9-19-13(14)15/h11-13,17-18H,2-9H2,1H3/t11-,12+,13-,14-,15+/m1/s1. The fourth-order valence-electron chi connectivity index (χ4n) is 4.59. The molecule has 3 fully saturated rings. The van der Waals surface area contributed by atoms with Crippen molar-refractivity contribution in [2.75, 3.05) is 6.61 Å². The maximum Gasteiger partial charge on any atom is 0.303 e. The van der Waals surface area contributed by atoms with E-state index in [4.69, 9.17) is 9.47 Å². The minimum atomic E-state index is -1.24. The first-order chi connectivity index (χ1) is 9.52. The minimum absolute atomic E-state index is 0.209. The monoisotopic (exact) mass is 284 g/mol. The third-order valence-electron chi connectivity index (χ3n) is 5.37. The molecule has 2 N–H and O–H groups in total. The lowest BCUT2D eigenvalue weighted by Gasteiger charge is -2.67. The van der Waals surface area contributed by atoms with Crippen molar-refractivity contribution in [3.05, 3.63) is 0 Å². The summed E-state index contributed by atoms with van der Waals surface area (Å²) in [5.74, 6) is -0.541. The van der Waals surface area contributed by atoms with Crippen molar-refractivity contribution in [1.82, 2.24) is 0 Å². The molecule has 2 saturated carbocycles. The van der Waals surface area contributed by atoms with E-state index in [9.17, 15) is 15.0 Å². The summed E-state index contributed by atoms with van der Waals surface area (Å²) in [4.78, 5) is 11.5. The third-order valence-corrected chi connectivity index (χ3v) is 5.37. The molecular weight excluding hydrogens is 260 g/mol. The summed E-state index contributed by atoms with van der Waals surface area (Å²) < 4.78 is 11.4. The zero-order chi connectivity index (χ0) is 14.4. The van der Waals surface area contributed by atoms with Gasteiger partial charge in [0.2, 0.25) is 0 Å². The molecular formula is C15H24O5. The molecule has 0 bridgehead atoms. The summed E-state index contributed by atoms with van der Waals surface area (Å²) in [6.45, 7) is 1.81. The van der Waals surface area contributed by atoms with Gasteiger partial charge < -0.3 is 19.7 Å². The lowest BCUT2D eigenvalue weighted by atomic mass is 9.49. The van der Waals surface area contributed by atoms with Gasteiger partial charge in [0.15, 0.2) is 0 Å². The molecule has 114 valence electrons. The minimum Gasteiger partial charge on any atom is -0.456 e. The Kier molecular flexibility index (Phi) is 3.55. The van der Waals surface area contributed by atoms with Gasteiger partial charge in [0.25, 0.3) is 0 Å². The van der Waals surface area contributed by atoms with Crippen LogP contribution in [0.3, 0.4) is 0 Å². The van der Waals surface area contributed by atoms with Crippen LogP contribution in [0.25, 0.3) is 0 Å². The number of hydrogen-bond acceptors (Lipinski definition) is 5. The van der Waals surface area contributed by atoms with Gasteiger partial charge in [0.1, 0.15) is 17.3 Å². The molecule has 0 amide bonds. The summed E-state index contributed by atoms with van der Waals surface area (Å²) in [5.41, 5.74) is -1.98. The van der Waals surface area contributed by atoms with E-state index < -0.39 is 23.4 Å². The smallest absolute Gasteiger partial charge is 0.303 e. The number of aliphatic hydroxyl groups is 2. The SMILES string of the molecule is CC(=O)O[C@]12CCCCCC[C@H]1[C@@]1(O)[C@@H]2OCC[C@@H]1O. The van der Waals surface area contributed by atoms with Gasteiger partial charge in [-0.1, -0.05) is 19.3 Å². The fraction of sp³-hybridized carbons (Fsp3) is 0.933. The molecule has 5 heteroatoms. The van der Waals surface area contributed by atoms with Gasteiger partial charge in [-0.15, -0.1) is 0 Å². The first kappa shape index (κ1) is 14.3. The number of ether oxygens (including phenoxy) is 2. The molecule has 3 aliphatic rings. The largest absolute Gasteiger partial charge is 0.456 e. The van der Waals surface area contributed by atoms with Crippen molar-refractivity contribution >= 4 is 5.97 Å². The predicted molar refractivity (Wildman–Crippen MR) is 71.0 cm³/mol. The van der Waals surface area contributed by atoms with Crippen LogP contribution >= 0.6 is 0 Å². The molecule has 0 spiro atoms. The second-order valence-electron chi connectivity index (χ2n) is 6.50. The Hall–Kier alpha value is -0.650. The second kappa shape index (κ2) is 4.97. The van der Waals surface area contributed by atoms with E-state index in [1.165, 1.54) is 6.92 Å². The highest BCUT2D eigenvalue weighted by Crippen LogP contribution is 2.60. The van der Waals surface area contributed by atoms with E-state index >= 15 is 0 Å². The van der Waals surface area contributed by atoms with Gasteiger partial charge in [-0.3, -0.25) is 4.79 Å². The van der Waals surface area contributed by atoms with Crippen LogP contribution in [0.5, 0.6) is 0 Å². The molecule has 1 aliphatic heterocycles. The van der Waals surface area contributed by atoms with E-state index in [1.54, 1.807) is 0 Å². The first-order valence-corrected chi connectivity index (χ1v) is 7.73. The van der Waals surface area contributed by atoms with Crippen molar-refractivity contribution < 1.29 is 24.5 Å². The van der Waals surface area contributed by atoms with E-state index in [0.29, 0.717) is 13.0 Å². The highest BCUT2D eigenvalue weighted by Gasteiger charge is 2.76. The lowest BCUT2D eigenvalue weighted by Crippen LogP contribution is -2.84. The van der Waals surface area contributed by atoms with Crippen LogP contribution in [-0.2, 0) is 14.3 Å². The number of fused-ring (bicyclic) bond motifs is 4. The Morgan fingerprint density at radius 1 is 1.25 bits per heavy atom. The van der Waals surface area contributed by atoms with E-state index in [-0.39, 0.29) is 11.9 Å². The molecule has 1 heterocycles. The van der Waals surface area contributed by atoms with Crippen molar-refractivity contribution in [2.24, 2.45) is 5.92 Å². The van der Waals surface area contributed by atoms with Crippen LogP contribution < -0.4 is 0 Å². The number of carbonyl (C=O) groups excluding carboxylic acids is 1. The van der Waals surface area contributed by atoms with Gasteiger partial charge in [0, 0.05) is 19.4 Å². The van der Waals surface area contributed by atoms with Crippen molar-refractivity contribution in [2.45, 2.75) is 75.3 Å². The predicted octanol–water partition coefficient (Wildman–Crippen LogP) is 1.15. The van der Waals surface area contributed by atoms with E-state index in [0.717, 1.165) is 38.5 Å². The number of carbonyl (C=O) groups is 1. The van der Waals surface area contributed by atoms with Crippen molar-refractivity contribution in [3.8, 4) is 0 Å². The first-order valence-electron chi connectivity index (χ1n) is 7.73. The number of hydrogen-bond donors (Lipinski definition) is 2. The van der Waals surface area contributed by atoms with E-state index in [2.05, 4.69) is 0 Å². The molecule has 5 nitrogen and oxygen atoms in total. The normalized spacial score (nSPS) is 48.0. The van der Waals surface area contributed by atoms with Gasteiger partial charge in [0.05, 0.1) is 6.10 Å². The molecule has 0 radical (unpaired) electrons. The van der Waals surface area contributed by atoms with Crippen LogP contribution in [0, 0.1) is 5.92 Å². The summed E-state index contributed by atoms with van der Waals surface area (Å²) in [6, 6.07) is 0. The molecule has 2 aliphatic carbocycles. The molecule has 0 unspecified atom stereocenters. The molecule has 20 heavy (non-hydrogen) atoms. The van der Waals surface area contributed by atoms with Crippen LogP contribution in [0.15, 0.2) is 0 Å². The van der Waals surface area contributed by atoms with E-state index in [1.807, 2.05) is 0 Å². The van der Waals surface area contributed by atoms with Crippen LogP contribution in [0.4, 0.5) is 0 Å².